The quantitative estimate of drug-likeness (QED) is 0.700. The summed E-state index contributed by atoms with van der Waals surface area (Å²) in [5.41, 5.74) is 1.49. The van der Waals surface area contributed by atoms with Crippen LogP contribution in [0.15, 0.2) is 60.7 Å². The minimum absolute atomic E-state index is 0.0255. The molecule has 2 rings (SSSR count). The summed E-state index contributed by atoms with van der Waals surface area (Å²) in [5.74, 6) is 0. The maximum absolute atomic E-state index is 2.31. The van der Waals surface area contributed by atoms with Gasteiger partial charge in [0.25, 0.3) is 0 Å². The van der Waals surface area contributed by atoms with Crippen LogP contribution in [-0.2, 0) is 6.42 Å². The van der Waals surface area contributed by atoms with Crippen molar-refractivity contribution < 1.29 is 0 Å². The van der Waals surface area contributed by atoms with Crippen molar-refractivity contribution in [3.05, 3.63) is 66.2 Å². The van der Waals surface area contributed by atoms with Gasteiger partial charge in [0.05, 0.1) is 9.52 Å². The van der Waals surface area contributed by atoms with Crippen LogP contribution in [0.3, 0.4) is 0 Å². The van der Waals surface area contributed by atoms with E-state index in [2.05, 4.69) is 60.7 Å². The Morgan fingerprint density at radius 2 is 1.50 bits per heavy atom. The third-order valence-electron chi connectivity index (χ3n) is 3.43. The van der Waals surface area contributed by atoms with Gasteiger partial charge in [-0.15, -0.1) is 0 Å². The summed E-state index contributed by atoms with van der Waals surface area (Å²) < 4.78 is 0. The SMILES string of the molecule is [SiH3]C(CCCc1ccccc1)[SiH2]c1ccccc1. The second-order valence-corrected chi connectivity index (χ2v) is 11.1. The van der Waals surface area contributed by atoms with E-state index in [1.807, 2.05) is 0 Å². The molecule has 18 heavy (non-hydrogen) atoms. The molecule has 0 amide bonds. The van der Waals surface area contributed by atoms with Gasteiger partial charge in [0, 0.05) is 10.2 Å². The second kappa shape index (κ2) is 7.34. The fourth-order valence-electron chi connectivity index (χ4n) is 2.42. The molecule has 0 saturated carbocycles. The van der Waals surface area contributed by atoms with Gasteiger partial charge >= 0.3 is 0 Å². The Hall–Kier alpha value is -1.13. The van der Waals surface area contributed by atoms with E-state index < -0.39 is 0 Å². The predicted molar refractivity (Wildman–Crippen MR) is 87.7 cm³/mol. The molecule has 0 saturated heterocycles. The highest BCUT2D eigenvalue weighted by molar-refractivity contribution is 6.62. The van der Waals surface area contributed by atoms with Gasteiger partial charge in [0.15, 0.2) is 0 Å². The Kier molecular flexibility index (Phi) is 5.43. The Bertz CT molecular complexity index is 439. The topological polar surface area (TPSA) is 0 Å². The van der Waals surface area contributed by atoms with Crippen LogP contribution in [0.2, 0.25) is 5.16 Å². The molecule has 2 heteroatoms. The van der Waals surface area contributed by atoms with Gasteiger partial charge in [-0.1, -0.05) is 77.4 Å². The maximum atomic E-state index is 2.31. The number of hydrogen-bond acceptors (Lipinski definition) is 0. The zero-order valence-electron chi connectivity index (χ0n) is 11.2. The molecule has 94 valence electrons. The smallest absolute Gasteiger partial charge is 0.0544 e. The minimum Gasteiger partial charge on any atom is -0.0670 e. The fourth-order valence-corrected chi connectivity index (χ4v) is 6.08. The third-order valence-corrected chi connectivity index (χ3v) is 7.28. The first-order valence-corrected chi connectivity index (χ1v) is 9.60. The van der Waals surface area contributed by atoms with Gasteiger partial charge in [-0.2, -0.15) is 0 Å². The molecule has 0 aliphatic heterocycles. The highest BCUT2D eigenvalue weighted by atomic mass is 28.2. The summed E-state index contributed by atoms with van der Waals surface area (Å²) in [5, 5.41) is 2.69. The Labute approximate surface area is 116 Å². The molecule has 0 N–H and O–H groups in total. The van der Waals surface area contributed by atoms with Crippen molar-refractivity contribution in [1.29, 1.82) is 0 Å². The highest BCUT2D eigenvalue weighted by Gasteiger charge is 2.04. The van der Waals surface area contributed by atoms with Crippen LogP contribution in [0.25, 0.3) is 0 Å². The lowest BCUT2D eigenvalue weighted by molar-refractivity contribution is 0.771. The Balaban J connectivity index is 1.71. The Morgan fingerprint density at radius 1 is 0.889 bits per heavy atom. The molecule has 2 aromatic rings. The molecule has 0 aliphatic rings. The van der Waals surface area contributed by atoms with Gasteiger partial charge in [-0.3, -0.25) is 0 Å². The van der Waals surface area contributed by atoms with E-state index in [0.717, 1.165) is 5.16 Å². The van der Waals surface area contributed by atoms with Crippen molar-refractivity contribution in [3.8, 4) is 0 Å². The minimum atomic E-state index is -0.0255. The summed E-state index contributed by atoms with van der Waals surface area (Å²) >= 11 is 0. The number of benzene rings is 2. The molecule has 0 nitrogen and oxygen atoms in total. The van der Waals surface area contributed by atoms with Gasteiger partial charge < -0.3 is 0 Å². The van der Waals surface area contributed by atoms with Gasteiger partial charge in [-0.05, 0) is 18.4 Å². The van der Waals surface area contributed by atoms with Crippen LogP contribution in [0.4, 0.5) is 0 Å². The lowest BCUT2D eigenvalue weighted by Gasteiger charge is -2.10. The normalized spacial score (nSPS) is 13.1. The second-order valence-electron chi connectivity index (χ2n) is 5.17. The van der Waals surface area contributed by atoms with Crippen molar-refractivity contribution in [2.45, 2.75) is 24.4 Å². The summed E-state index contributed by atoms with van der Waals surface area (Å²) in [7, 11) is 1.34. The van der Waals surface area contributed by atoms with Crippen molar-refractivity contribution >= 4 is 24.9 Å². The van der Waals surface area contributed by atoms with E-state index in [-0.39, 0.29) is 9.52 Å². The number of rotatable bonds is 6. The van der Waals surface area contributed by atoms with Crippen molar-refractivity contribution in [2.24, 2.45) is 0 Å². The monoisotopic (exact) mass is 270 g/mol. The fraction of sp³-hybridized carbons (Fsp3) is 0.250. The third kappa shape index (κ3) is 4.63. The summed E-state index contributed by atoms with van der Waals surface area (Å²) in [6.07, 6.45) is 4.04. The largest absolute Gasteiger partial charge is 0.0670 e. The molecule has 1 unspecified atom stereocenters. The molecule has 0 fully saturated rings. The molecule has 2 aromatic carbocycles. The van der Waals surface area contributed by atoms with Gasteiger partial charge in [0.1, 0.15) is 0 Å². The average molecular weight is 271 g/mol. The van der Waals surface area contributed by atoms with E-state index in [9.17, 15) is 0 Å². The van der Waals surface area contributed by atoms with E-state index in [1.165, 1.54) is 35.1 Å². The first kappa shape index (κ1) is 13.3. The molecule has 0 aromatic heterocycles. The number of aryl methyl sites for hydroxylation is 1. The lowest BCUT2D eigenvalue weighted by Crippen LogP contribution is -2.19. The molecule has 0 spiro atoms. The van der Waals surface area contributed by atoms with Gasteiger partial charge in [0.2, 0.25) is 0 Å². The first-order valence-electron chi connectivity index (χ1n) is 6.92. The molecule has 1 atom stereocenters. The summed E-state index contributed by atoms with van der Waals surface area (Å²) in [6, 6.07) is 22.0. The van der Waals surface area contributed by atoms with Crippen LogP contribution in [-0.4, -0.2) is 19.8 Å². The first-order chi connectivity index (χ1) is 8.84. The number of hydrogen-bond donors (Lipinski definition) is 0. The van der Waals surface area contributed by atoms with Crippen LogP contribution in [0.5, 0.6) is 0 Å². The molecule has 0 heterocycles. The van der Waals surface area contributed by atoms with Crippen LogP contribution >= 0.6 is 0 Å². The van der Waals surface area contributed by atoms with Crippen molar-refractivity contribution in [1.82, 2.24) is 0 Å². The van der Waals surface area contributed by atoms with Crippen molar-refractivity contribution in [3.63, 3.8) is 0 Å². The average Bonchev–Trinajstić information content (AvgIpc) is 2.41. The maximum Gasteiger partial charge on any atom is 0.0544 e. The van der Waals surface area contributed by atoms with Crippen molar-refractivity contribution in [2.75, 3.05) is 0 Å². The molecule has 0 aliphatic carbocycles. The Morgan fingerprint density at radius 3 is 2.17 bits per heavy atom. The molecular formula is C16H22Si2. The predicted octanol–water partition coefficient (Wildman–Crippen LogP) is 1.61. The molecule has 0 radical (unpaired) electrons. The standard InChI is InChI=1S/C16H22Si2/c17-16(18-15-11-5-2-6-12-15)13-7-10-14-8-3-1-4-9-14/h1-6,8-9,11-12,16H,7,10,13,18H2,17H3. The highest BCUT2D eigenvalue weighted by Crippen LogP contribution is 2.11. The van der Waals surface area contributed by atoms with E-state index in [1.54, 1.807) is 5.19 Å². The van der Waals surface area contributed by atoms with E-state index in [4.69, 9.17) is 0 Å². The summed E-state index contributed by atoms with van der Waals surface area (Å²) in [6.45, 7) is 0. The van der Waals surface area contributed by atoms with Crippen LogP contribution < -0.4 is 5.19 Å². The van der Waals surface area contributed by atoms with Crippen LogP contribution in [0.1, 0.15) is 18.4 Å². The van der Waals surface area contributed by atoms with Gasteiger partial charge in [-0.25, -0.2) is 0 Å². The zero-order chi connectivity index (χ0) is 12.6. The van der Waals surface area contributed by atoms with E-state index in [0.29, 0.717) is 0 Å². The molecule has 0 bridgehead atoms. The zero-order valence-corrected chi connectivity index (χ0v) is 14.6. The lowest BCUT2D eigenvalue weighted by atomic mass is 10.1. The van der Waals surface area contributed by atoms with E-state index >= 15 is 0 Å². The van der Waals surface area contributed by atoms with Crippen LogP contribution in [0, 0.1) is 0 Å². The summed E-state index contributed by atoms with van der Waals surface area (Å²) in [4.78, 5) is 0. The molecular weight excluding hydrogens is 248 g/mol.